The number of oxime groups is 1. The first-order chi connectivity index (χ1) is 9.15. The molecule has 0 aliphatic carbocycles. The molecule has 0 aromatic heterocycles. The van der Waals surface area contributed by atoms with Crippen LogP contribution in [0.3, 0.4) is 0 Å². The predicted molar refractivity (Wildman–Crippen MR) is 83.6 cm³/mol. The monoisotopic (exact) mass is 334 g/mol. The van der Waals surface area contributed by atoms with Crippen molar-refractivity contribution in [2.45, 2.75) is 58.8 Å². The van der Waals surface area contributed by atoms with Gasteiger partial charge in [0.05, 0.1) is 0 Å². The molecule has 0 atom stereocenters. The van der Waals surface area contributed by atoms with E-state index in [2.05, 4.69) is 25.9 Å². The van der Waals surface area contributed by atoms with E-state index in [1.165, 1.54) is 12.8 Å². The number of hydrogen-bond donors (Lipinski definition) is 0. The molecule has 5 heteroatoms. The highest BCUT2D eigenvalue weighted by molar-refractivity contribution is 9.18. The van der Waals surface area contributed by atoms with Crippen LogP contribution in [0.2, 0.25) is 0 Å². The maximum absolute atomic E-state index is 11.7. The van der Waals surface area contributed by atoms with Crippen LogP contribution in [0, 0.1) is 0 Å². The summed E-state index contributed by atoms with van der Waals surface area (Å²) in [5, 5.41) is 3.80. The molecule has 0 spiro atoms. The van der Waals surface area contributed by atoms with Crippen LogP contribution in [0.15, 0.2) is 5.16 Å². The zero-order valence-corrected chi connectivity index (χ0v) is 14.0. The van der Waals surface area contributed by atoms with E-state index in [1.54, 1.807) is 7.11 Å². The Morgan fingerprint density at radius 1 is 1.05 bits per heavy atom. The van der Waals surface area contributed by atoms with Gasteiger partial charge in [-0.1, -0.05) is 24.4 Å². The van der Waals surface area contributed by atoms with Crippen LogP contribution in [-0.2, 0) is 9.63 Å². The van der Waals surface area contributed by atoms with E-state index < -0.39 is 0 Å². The third-order valence-corrected chi connectivity index (χ3v) is 3.62. The van der Waals surface area contributed by atoms with Crippen LogP contribution >= 0.6 is 15.9 Å². The van der Waals surface area contributed by atoms with Crippen LogP contribution in [0.5, 0.6) is 0 Å². The van der Waals surface area contributed by atoms with E-state index in [1.807, 2.05) is 18.7 Å². The van der Waals surface area contributed by atoms with Gasteiger partial charge in [-0.3, -0.25) is 4.79 Å². The lowest BCUT2D eigenvalue weighted by Crippen LogP contribution is -2.30. The van der Waals surface area contributed by atoms with Gasteiger partial charge < -0.3 is 9.74 Å². The Kier molecular flexibility index (Phi) is 12.1. The molecule has 0 aromatic rings. The van der Waals surface area contributed by atoms with Gasteiger partial charge in [0.15, 0.2) is 0 Å². The minimum Gasteiger partial charge on any atom is -0.398 e. The number of hydrogen-bond acceptors (Lipinski definition) is 3. The van der Waals surface area contributed by atoms with Crippen LogP contribution in [-0.4, -0.2) is 35.6 Å². The first-order valence-electron chi connectivity index (χ1n) is 7.18. The highest BCUT2D eigenvalue weighted by atomic mass is 79.9. The van der Waals surface area contributed by atoms with Gasteiger partial charge in [0.2, 0.25) is 5.91 Å². The van der Waals surface area contributed by atoms with E-state index >= 15 is 0 Å². The molecule has 0 bridgehead atoms. The molecule has 19 heavy (non-hydrogen) atoms. The molecule has 0 fully saturated rings. The van der Waals surface area contributed by atoms with E-state index in [9.17, 15) is 4.79 Å². The summed E-state index contributed by atoms with van der Waals surface area (Å²) in [5.74, 6) is 0.292. The molecule has 0 aromatic carbocycles. The molecule has 0 radical (unpaired) electrons. The van der Waals surface area contributed by atoms with Crippen LogP contribution in [0.25, 0.3) is 0 Å². The van der Waals surface area contributed by atoms with Gasteiger partial charge in [0.25, 0.3) is 0 Å². The highest BCUT2D eigenvalue weighted by Gasteiger charge is 2.08. The van der Waals surface area contributed by atoms with Crippen molar-refractivity contribution in [1.29, 1.82) is 0 Å². The normalized spacial score (nSPS) is 11.5. The smallest absolute Gasteiger partial charge is 0.222 e. The summed E-state index contributed by atoms with van der Waals surface area (Å²) < 4.78 is 0.867. The molecule has 0 aliphatic rings. The molecule has 112 valence electrons. The van der Waals surface area contributed by atoms with Gasteiger partial charge in [-0.25, -0.2) is 0 Å². The standard InChI is InChI=1S/C14H27BrN2O2/c1-4-17(5-2)14(18)12-10-8-6-7-9-11-13(15)16-19-3/h4-12H2,1-3H3/b16-13-. The Morgan fingerprint density at radius 2 is 1.58 bits per heavy atom. The van der Waals surface area contributed by atoms with Gasteiger partial charge in [0.1, 0.15) is 11.7 Å². The van der Waals surface area contributed by atoms with Gasteiger partial charge >= 0.3 is 0 Å². The number of halogens is 1. The second kappa shape index (κ2) is 12.5. The molecule has 0 heterocycles. The highest BCUT2D eigenvalue weighted by Crippen LogP contribution is 2.10. The summed E-state index contributed by atoms with van der Waals surface area (Å²) in [6.07, 6.45) is 7.21. The Labute approximate surface area is 125 Å². The van der Waals surface area contributed by atoms with E-state index in [0.29, 0.717) is 12.3 Å². The van der Waals surface area contributed by atoms with E-state index in [-0.39, 0.29) is 0 Å². The first-order valence-corrected chi connectivity index (χ1v) is 7.98. The van der Waals surface area contributed by atoms with Crippen molar-refractivity contribution in [1.82, 2.24) is 4.90 Å². The Balaban J connectivity index is 3.45. The fourth-order valence-electron chi connectivity index (χ4n) is 1.96. The maximum atomic E-state index is 11.7. The minimum absolute atomic E-state index is 0.292. The molecule has 4 nitrogen and oxygen atoms in total. The van der Waals surface area contributed by atoms with Gasteiger partial charge in [-0.05, 0) is 49.0 Å². The van der Waals surface area contributed by atoms with Crippen molar-refractivity contribution in [3.05, 3.63) is 0 Å². The number of amides is 1. The van der Waals surface area contributed by atoms with Crippen LogP contribution in [0.4, 0.5) is 0 Å². The topological polar surface area (TPSA) is 41.9 Å². The molecule has 0 aliphatic heterocycles. The molecular formula is C14H27BrN2O2. The minimum atomic E-state index is 0.292. The summed E-state index contributed by atoms with van der Waals surface area (Å²) in [5.41, 5.74) is 0. The lowest BCUT2D eigenvalue weighted by atomic mass is 10.1. The third kappa shape index (κ3) is 9.93. The van der Waals surface area contributed by atoms with Crippen molar-refractivity contribution < 1.29 is 9.63 Å². The van der Waals surface area contributed by atoms with E-state index in [4.69, 9.17) is 0 Å². The summed E-state index contributed by atoms with van der Waals surface area (Å²) in [6.45, 7) is 5.70. The van der Waals surface area contributed by atoms with Crippen LogP contribution < -0.4 is 0 Å². The largest absolute Gasteiger partial charge is 0.398 e. The van der Waals surface area contributed by atoms with Gasteiger partial charge in [-0.15, -0.1) is 0 Å². The van der Waals surface area contributed by atoms with Crippen molar-refractivity contribution in [3.8, 4) is 0 Å². The Hall–Kier alpha value is -0.580. The molecule has 1 amide bonds. The average molecular weight is 335 g/mol. The Morgan fingerprint density at radius 3 is 2.11 bits per heavy atom. The maximum Gasteiger partial charge on any atom is 0.222 e. The summed E-state index contributed by atoms with van der Waals surface area (Å²) in [4.78, 5) is 18.3. The summed E-state index contributed by atoms with van der Waals surface area (Å²) >= 11 is 3.35. The lowest BCUT2D eigenvalue weighted by Gasteiger charge is -2.18. The average Bonchev–Trinajstić information content (AvgIpc) is 2.39. The molecule has 0 saturated carbocycles. The lowest BCUT2D eigenvalue weighted by molar-refractivity contribution is -0.130. The zero-order chi connectivity index (χ0) is 14.5. The predicted octanol–water partition coefficient (Wildman–Crippen LogP) is 3.94. The fraction of sp³-hybridized carbons (Fsp3) is 0.857. The van der Waals surface area contributed by atoms with Crippen molar-refractivity contribution in [3.63, 3.8) is 0 Å². The zero-order valence-electron chi connectivity index (χ0n) is 12.5. The summed E-state index contributed by atoms with van der Waals surface area (Å²) in [6, 6.07) is 0. The Bertz CT molecular complexity index is 266. The summed E-state index contributed by atoms with van der Waals surface area (Å²) in [7, 11) is 1.55. The second-order valence-corrected chi connectivity index (χ2v) is 5.40. The molecule has 0 N–H and O–H groups in total. The number of rotatable bonds is 11. The first kappa shape index (κ1) is 18.4. The van der Waals surface area contributed by atoms with Gasteiger partial charge in [0, 0.05) is 19.5 Å². The third-order valence-electron chi connectivity index (χ3n) is 3.08. The van der Waals surface area contributed by atoms with Crippen LogP contribution in [0.1, 0.15) is 58.8 Å². The molecule has 0 rings (SSSR count). The number of unbranched alkanes of at least 4 members (excludes halogenated alkanes) is 4. The SMILES string of the molecule is CCN(CC)C(=O)CCCCCCC/C(Br)=N/OC. The van der Waals surface area contributed by atoms with Crippen molar-refractivity contribution in [2.75, 3.05) is 20.2 Å². The number of nitrogens with zero attached hydrogens (tertiary/aromatic N) is 2. The molecule has 0 unspecified atom stereocenters. The molecular weight excluding hydrogens is 308 g/mol. The second-order valence-electron chi connectivity index (χ2n) is 4.48. The number of carbonyl (C=O) groups excluding carboxylic acids is 1. The quantitative estimate of drug-likeness (QED) is 0.326. The fourth-order valence-corrected chi connectivity index (χ4v) is 2.38. The van der Waals surface area contributed by atoms with E-state index in [0.717, 1.165) is 43.4 Å². The van der Waals surface area contributed by atoms with Crippen molar-refractivity contribution >= 4 is 26.5 Å². The molecule has 0 saturated heterocycles. The van der Waals surface area contributed by atoms with Gasteiger partial charge in [-0.2, -0.15) is 0 Å². The number of carbonyl (C=O) groups is 1. The van der Waals surface area contributed by atoms with Crippen molar-refractivity contribution in [2.24, 2.45) is 5.16 Å².